The van der Waals surface area contributed by atoms with Crippen LogP contribution in [-0.4, -0.2) is 21.3 Å². The van der Waals surface area contributed by atoms with E-state index in [1.807, 2.05) is 0 Å². The van der Waals surface area contributed by atoms with E-state index >= 15 is 0 Å². The van der Waals surface area contributed by atoms with Crippen molar-refractivity contribution < 1.29 is 9.90 Å². The van der Waals surface area contributed by atoms with Crippen molar-refractivity contribution in [1.29, 1.82) is 0 Å². The maximum atomic E-state index is 10.2. The molecule has 0 unspecified atom stereocenters. The molecule has 0 saturated carbocycles. The summed E-state index contributed by atoms with van der Waals surface area (Å²) in [5.74, 6) is -1.06. The summed E-state index contributed by atoms with van der Waals surface area (Å²) in [6.07, 6.45) is 0. The van der Waals surface area contributed by atoms with Gasteiger partial charge < -0.3 is 10.8 Å². The van der Waals surface area contributed by atoms with Crippen molar-refractivity contribution in [2.75, 3.05) is 0 Å². The van der Waals surface area contributed by atoms with Crippen molar-refractivity contribution in [1.82, 2.24) is 10.2 Å². The molecule has 0 saturated heterocycles. The third-order valence-corrected chi connectivity index (χ3v) is 1.76. The van der Waals surface area contributed by atoms with E-state index in [0.29, 0.717) is 5.01 Å². The minimum atomic E-state index is -1.06. The van der Waals surface area contributed by atoms with Crippen LogP contribution in [-0.2, 0) is 6.54 Å². The highest BCUT2D eigenvalue weighted by Gasteiger charge is 2.08. The fraction of sp³-hybridized carbons (Fsp3) is 0.250. The molecule has 0 aliphatic heterocycles. The first-order chi connectivity index (χ1) is 4.74. The lowest BCUT2D eigenvalue weighted by molar-refractivity contribution is 0.0695. The second kappa shape index (κ2) is 2.72. The number of nitrogens with two attached hydrogens (primary N) is 1. The topological polar surface area (TPSA) is 89.1 Å². The first-order valence-electron chi connectivity index (χ1n) is 2.49. The lowest BCUT2D eigenvalue weighted by Gasteiger charge is -1.78. The van der Waals surface area contributed by atoms with Crippen LogP contribution in [0.5, 0.6) is 0 Å². The van der Waals surface area contributed by atoms with Crippen molar-refractivity contribution >= 4 is 17.3 Å². The fourth-order valence-electron chi connectivity index (χ4n) is 0.423. The summed E-state index contributed by atoms with van der Waals surface area (Å²) in [6.45, 7) is 0.241. The maximum absolute atomic E-state index is 10.2. The summed E-state index contributed by atoms with van der Waals surface area (Å²) < 4.78 is 0. The number of hydrogen-bond acceptors (Lipinski definition) is 5. The molecule has 1 heterocycles. The molecule has 0 aromatic carbocycles. The molecule has 1 aromatic rings. The third kappa shape index (κ3) is 1.28. The SMILES string of the molecule is NCc1nnc(C(=O)O)s1. The molecule has 0 aliphatic carbocycles. The van der Waals surface area contributed by atoms with Gasteiger partial charge in [-0.15, -0.1) is 10.2 Å². The van der Waals surface area contributed by atoms with Crippen LogP contribution in [0.25, 0.3) is 0 Å². The molecule has 0 fully saturated rings. The number of nitrogens with zero attached hydrogens (tertiary/aromatic N) is 2. The van der Waals surface area contributed by atoms with Crippen LogP contribution in [0.2, 0.25) is 0 Å². The van der Waals surface area contributed by atoms with Gasteiger partial charge in [0.1, 0.15) is 5.01 Å². The van der Waals surface area contributed by atoms with Crippen molar-refractivity contribution in [2.24, 2.45) is 5.73 Å². The molecule has 0 atom stereocenters. The fourth-order valence-corrected chi connectivity index (χ4v) is 0.980. The Kier molecular flexibility index (Phi) is 1.93. The summed E-state index contributed by atoms with van der Waals surface area (Å²) in [4.78, 5) is 10.2. The molecule has 0 bridgehead atoms. The van der Waals surface area contributed by atoms with Crippen molar-refractivity contribution in [3.8, 4) is 0 Å². The van der Waals surface area contributed by atoms with Crippen LogP contribution >= 0.6 is 11.3 Å². The van der Waals surface area contributed by atoms with Crippen LogP contribution in [0, 0.1) is 0 Å². The van der Waals surface area contributed by atoms with E-state index in [9.17, 15) is 4.79 Å². The number of hydrogen-bond donors (Lipinski definition) is 2. The minimum absolute atomic E-state index is 0.0135. The Balaban J connectivity index is 2.88. The van der Waals surface area contributed by atoms with Gasteiger partial charge in [0, 0.05) is 6.54 Å². The molecule has 0 spiro atoms. The van der Waals surface area contributed by atoms with Crippen LogP contribution in [0.1, 0.15) is 14.8 Å². The van der Waals surface area contributed by atoms with Crippen LogP contribution in [0.15, 0.2) is 0 Å². The Hall–Kier alpha value is -1.01. The number of rotatable bonds is 2. The second-order valence-corrected chi connectivity index (χ2v) is 2.57. The number of carboxylic acid groups (broad SMARTS) is 1. The van der Waals surface area contributed by atoms with Gasteiger partial charge in [-0.2, -0.15) is 0 Å². The van der Waals surface area contributed by atoms with E-state index in [2.05, 4.69) is 10.2 Å². The Bertz CT molecular complexity index is 246. The van der Waals surface area contributed by atoms with E-state index < -0.39 is 5.97 Å². The number of aromatic nitrogens is 2. The van der Waals surface area contributed by atoms with E-state index in [1.54, 1.807) is 0 Å². The average Bonchev–Trinajstić information content (AvgIpc) is 2.34. The molecule has 6 heteroatoms. The molecule has 10 heavy (non-hydrogen) atoms. The van der Waals surface area contributed by atoms with Crippen molar-refractivity contribution in [2.45, 2.75) is 6.54 Å². The standard InChI is InChI=1S/C4H5N3O2S/c5-1-2-6-7-3(10-2)4(8)9/h1,5H2,(H,8,9). The molecule has 0 amide bonds. The van der Waals surface area contributed by atoms with Gasteiger partial charge in [-0.05, 0) is 0 Å². The molecule has 5 nitrogen and oxygen atoms in total. The van der Waals surface area contributed by atoms with Crippen molar-refractivity contribution in [3.05, 3.63) is 10.0 Å². The maximum Gasteiger partial charge on any atom is 0.367 e. The monoisotopic (exact) mass is 159 g/mol. The summed E-state index contributed by atoms with van der Waals surface area (Å²) in [5.41, 5.74) is 5.18. The number of carbonyl (C=O) groups is 1. The van der Waals surface area contributed by atoms with Gasteiger partial charge in [0.25, 0.3) is 0 Å². The second-order valence-electron chi connectivity index (χ2n) is 1.51. The van der Waals surface area contributed by atoms with E-state index in [0.717, 1.165) is 11.3 Å². The highest BCUT2D eigenvalue weighted by molar-refractivity contribution is 7.13. The predicted molar refractivity (Wildman–Crippen MR) is 34.8 cm³/mol. The number of carboxylic acids is 1. The molecule has 0 radical (unpaired) electrons. The van der Waals surface area contributed by atoms with Crippen LogP contribution in [0.4, 0.5) is 0 Å². The quantitative estimate of drug-likeness (QED) is 0.618. The Morgan fingerprint density at radius 2 is 2.40 bits per heavy atom. The Morgan fingerprint density at radius 1 is 1.70 bits per heavy atom. The normalized spacial score (nSPS) is 9.70. The highest BCUT2D eigenvalue weighted by Crippen LogP contribution is 2.07. The average molecular weight is 159 g/mol. The summed E-state index contributed by atoms with van der Waals surface area (Å²) in [5, 5.41) is 15.8. The molecule has 54 valence electrons. The smallest absolute Gasteiger partial charge is 0.367 e. The van der Waals surface area contributed by atoms with Gasteiger partial charge >= 0.3 is 5.97 Å². The molecular formula is C4H5N3O2S. The molecule has 0 aliphatic rings. The van der Waals surface area contributed by atoms with Gasteiger partial charge in [0.05, 0.1) is 0 Å². The summed E-state index contributed by atoms with van der Waals surface area (Å²) in [7, 11) is 0. The summed E-state index contributed by atoms with van der Waals surface area (Å²) in [6, 6.07) is 0. The van der Waals surface area contributed by atoms with Gasteiger partial charge in [-0.3, -0.25) is 0 Å². The van der Waals surface area contributed by atoms with Gasteiger partial charge in [0.15, 0.2) is 0 Å². The predicted octanol–water partition coefficient (Wildman–Crippen LogP) is -0.305. The zero-order valence-corrected chi connectivity index (χ0v) is 5.76. The first kappa shape index (κ1) is 7.10. The van der Waals surface area contributed by atoms with Gasteiger partial charge in [-0.25, -0.2) is 4.79 Å². The van der Waals surface area contributed by atoms with Gasteiger partial charge in [0.2, 0.25) is 5.01 Å². The lowest BCUT2D eigenvalue weighted by Crippen LogP contribution is -1.94. The first-order valence-corrected chi connectivity index (χ1v) is 3.31. The molecule has 3 N–H and O–H groups in total. The van der Waals surface area contributed by atoms with E-state index in [4.69, 9.17) is 10.8 Å². The molecule has 1 rings (SSSR count). The van der Waals surface area contributed by atoms with Crippen molar-refractivity contribution in [3.63, 3.8) is 0 Å². The van der Waals surface area contributed by atoms with Crippen LogP contribution < -0.4 is 5.73 Å². The summed E-state index contributed by atoms with van der Waals surface area (Å²) >= 11 is 0.994. The molecule has 1 aromatic heterocycles. The van der Waals surface area contributed by atoms with E-state index in [1.165, 1.54) is 0 Å². The zero-order chi connectivity index (χ0) is 7.56. The molecular weight excluding hydrogens is 154 g/mol. The Labute approximate surface area is 60.5 Å². The zero-order valence-electron chi connectivity index (χ0n) is 4.94. The lowest BCUT2D eigenvalue weighted by atomic mass is 10.7. The minimum Gasteiger partial charge on any atom is -0.476 e. The highest BCUT2D eigenvalue weighted by atomic mass is 32.1. The number of aromatic carboxylic acids is 1. The largest absolute Gasteiger partial charge is 0.476 e. The third-order valence-electron chi connectivity index (χ3n) is 0.824. The van der Waals surface area contributed by atoms with Crippen LogP contribution in [0.3, 0.4) is 0 Å². The Morgan fingerprint density at radius 3 is 2.70 bits per heavy atom. The van der Waals surface area contributed by atoms with E-state index in [-0.39, 0.29) is 11.6 Å². The van der Waals surface area contributed by atoms with Gasteiger partial charge in [-0.1, -0.05) is 11.3 Å².